The third-order valence-corrected chi connectivity index (χ3v) is 5.62. The van der Waals surface area contributed by atoms with Crippen LogP contribution in [0.1, 0.15) is 39.0 Å². The average Bonchev–Trinajstić information content (AvgIpc) is 2.65. The van der Waals surface area contributed by atoms with E-state index in [2.05, 4.69) is 31.9 Å². The number of nitrogens with two attached hydrogens (primary N) is 1. The van der Waals surface area contributed by atoms with Crippen LogP contribution in [0.3, 0.4) is 0 Å². The molecule has 3 N–H and O–H groups in total. The molecule has 7 nitrogen and oxygen atoms in total. The van der Waals surface area contributed by atoms with Gasteiger partial charge >= 0.3 is 0 Å². The second kappa shape index (κ2) is 13.5. The molecule has 0 aromatic rings. The van der Waals surface area contributed by atoms with Gasteiger partial charge in [0.25, 0.3) is 0 Å². The molecule has 0 aliphatic carbocycles. The molecule has 0 spiro atoms. The molecule has 0 radical (unpaired) electrons. The molecule has 2 aliphatic rings. The van der Waals surface area contributed by atoms with Gasteiger partial charge in [-0.15, -0.1) is 24.0 Å². The maximum absolute atomic E-state index is 11.2. The van der Waals surface area contributed by atoms with E-state index in [9.17, 15) is 4.79 Å². The highest BCUT2D eigenvalue weighted by atomic mass is 127. The van der Waals surface area contributed by atoms with Gasteiger partial charge in [-0.2, -0.15) is 0 Å². The average molecular weight is 494 g/mol. The lowest BCUT2D eigenvalue weighted by Gasteiger charge is -2.35. The van der Waals surface area contributed by atoms with E-state index >= 15 is 0 Å². The maximum Gasteiger partial charge on any atom is 0.217 e. The number of aliphatic imine (C=N–C) groups is 1. The number of piperazine rings is 1. The highest BCUT2D eigenvalue weighted by molar-refractivity contribution is 14.0. The van der Waals surface area contributed by atoms with Gasteiger partial charge in [-0.1, -0.05) is 6.92 Å². The van der Waals surface area contributed by atoms with Gasteiger partial charge < -0.3 is 25.8 Å². The molecule has 2 heterocycles. The van der Waals surface area contributed by atoms with E-state index in [-0.39, 0.29) is 29.9 Å². The Kier molecular flexibility index (Phi) is 12.3. The molecule has 0 aromatic carbocycles. The largest absolute Gasteiger partial charge is 0.370 e. The van der Waals surface area contributed by atoms with Gasteiger partial charge in [0.1, 0.15) is 0 Å². The summed E-state index contributed by atoms with van der Waals surface area (Å²) in [6.07, 6.45) is 5.05. The number of likely N-dealkylation sites (N-methyl/N-ethyl adjacent to an activating group) is 1. The molecule has 0 aromatic heterocycles. The Balaban J connectivity index is 0.00000364. The molecule has 2 fully saturated rings. The molecule has 1 unspecified atom stereocenters. The monoisotopic (exact) mass is 494 g/mol. The molecule has 2 aliphatic heterocycles. The number of likely N-dealkylation sites (tertiary alicyclic amines) is 1. The Bertz CT molecular complexity index is 453. The number of piperidine rings is 1. The minimum Gasteiger partial charge on any atom is -0.370 e. The summed E-state index contributed by atoms with van der Waals surface area (Å²) in [6, 6.07) is 0. The van der Waals surface area contributed by atoms with Crippen molar-refractivity contribution >= 4 is 35.8 Å². The van der Waals surface area contributed by atoms with Crippen molar-refractivity contribution in [1.82, 2.24) is 20.0 Å². The van der Waals surface area contributed by atoms with Crippen molar-refractivity contribution in [1.29, 1.82) is 0 Å². The van der Waals surface area contributed by atoms with Crippen molar-refractivity contribution in [3.63, 3.8) is 0 Å². The smallest absolute Gasteiger partial charge is 0.217 e. The summed E-state index contributed by atoms with van der Waals surface area (Å²) >= 11 is 0. The normalized spacial score (nSPS) is 22.4. The van der Waals surface area contributed by atoms with Crippen LogP contribution in [-0.2, 0) is 4.79 Å². The van der Waals surface area contributed by atoms with Crippen molar-refractivity contribution in [2.24, 2.45) is 16.6 Å². The number of carbonyl (C=O) groups is 1. The fourth-order valence-electron chi connectivity index (χ4n) is 4.03. The number of carbonyl (C=O) groups excluding carboxylic acids is 1. The lowest BCUT2D eigenvalue weighted by atomic mass is 9.95. The van der Waals surface area contributed by atoms with Gasteiger partial charge in [0.05, 0.1) is 0 Å². The predicted octanol–water partition coefficient (Wildman–Crippen LogP) is 1.18. The molecule has 1 amide bonds. The predicted molar refractivity (Wildman–Crippen MR) is 123 cm³/mol. The summed E-state index contributed by atoms with van der Waals surface area (Å²) in [4.78, 5) is 23.0. The van der Waals surface area contributed by atoms with Crippen LogP contribution >= 0.6 is 24.0 Å². The molecular formula is C19H39IN6O. The topological polar surface area (TPSA) is 77.2 Å². The third kappa shape index (κ3) is 8.95. The Morgan fingerprint density at radius 2 is 1.85 bits per heavy atom. The quantitative estimate of drug-likeness (QED) is 0.230. The number of unbranched alkanes of at least 4 members (excludes halogenated alkanes) is 1. The molecule has 2 rings (SSSR count). The molecule has 1 atom stereocenters. The molecule has 158 valence electrons. The summed E-state index contributed by atoms with van der Waals surface area (Å²) in [5, 5.41) is 3.50. The highest BCUT2D eigenvalue weighted by Gasteiger charge is 2.23. The van der Waals surface area contributed by atoms with E-state index in [0.29, 0.717) is 12.3 Å². The van der Waals surface area contributed by atoms with E-state index in [0.717, 1.165) is 44.9 Å². The van der Waals surface area contributed by atoms with Crippen LogP contribution in [0.25, 0.3) is 0 Å². The van der Waals surface area contributed by atoms with Crippen LogP contribution in [0, 0.1) is 5.92 Å². The Labute approximate surface area is 182 Å². The summed E-state index contributed by atoms with van der Waals surface area (Å²) in [5.74, 6) is 1.14. The zero-order valence-corrected chi connectivity index (χ0v) is 19.5. The van der Waals surface area contributed by atoms with Gasteiger partial charge in [-0.05, 0) is 44.7 Å². The van der Waals surface area contributed by atoms with Gasteiger partial charge in [-0.25, -0.2) is 0 Å². The lowest BCUT2D eigenvalue weighted by molar-refractivity contribution is -0.119. The van der Waals surface area contributed by atoms with Crippen molar-refractivity contribution in [2.45, 2.75) is 39.0 Å². The Morgan fingerprint density at radius 1 is 1.15 bits per heavy atom. The second-order valence-electron chi connectivity index (χ2n) is 7.58. The van der Waals surface area contributed by atoms with Gasteiger partial charge in [0.15, 0.2) is 5.96 Å². The summed E-state index contributed by atoms with van der Waals surface area (Å²) in [7, 11) is 1.84. The number of nitrogens with one attached hydrogen (secondary N) is 1. The van der Waals surface area contributed by atoms with Crippen molar-refractivity contribution in [2.75, 3.05) is 66.0 Å². The molecule has 0 bridgehead atoms. The van der Waals surface area contributed by atoms with Gasteiger partial charge in [0.2, 0.25) is 5.91 Å². The third-order valence-electron chi connectivity index (χ3n) is 5.62. The lowest BCUT2D eigenvalue weighted by Crippen LogP contribution is -2.47. The fraction of sp³-hybridized carbons (Fsp3) is 0.895. The SMILES string of the molecule is CCN1CCN(CCCCNC(=NC)N2CCCC(CC(N)=O)C2)CC1.I. The minimum absolute atomic E-state index is 0. The number of rotatable bonds is 8. The standard InChI is InChI=1S/C19H38N6O.HI/c1-3-23-11-13-24(14-12-23)9-5-4-8-22-19(21-2)25-10-6-7-17(16-25)15-18(20)26;/h17H,3-16H2,1-2H3,(H2,20,26)(H,21,22);1H. The Hall–Kier alpha value is -0.610. The van der Waals surface area contributed by atoms with Crippen LogP contribution in [0.5, 0.6) is 0 Å². The molecule has 27 heavy (non-hydrogen) atoms. The number of guanidine groups is 1. The van der Waals surface area contributed by atoms with Crippen molar-refractivity contribution in [3.05, 3.63) is 0 Å². The van der Waals surface area contributed by atoms with E-state index in [4.69, 9.17) is 5.73 Å². The first-order valence-corrected chi connectivity index (χ1v) is 10.3. The first kappa shape index (κ1) is 24.4. The number of nitrogens with zero attached hydrogens (tertiary/aromatic N) is 4. The number of halogens is 1. The highest BCUT2D eigenvalue weighted by Crippen LogP contribution is 2.19. The zero-order chi connectivity index (χ0) is 18.8. The Morgan fingerprint density at radius 3 is 2.48 bits per heavy atom. The van der Waals surface area contributed by atoms with E-state index < -0.39 is 0 Å². The van der Waals surface area contributed by atoms with Crippen LogP contribution in [-0.4, -0.2) is 92.5 Å². The van der Waals surface area contributed by atoms with Gasteiger partial charge in [0, 0.05) is 59.3 Å². The van der Waals surface area contributed by atoms with Gasteiger partial charge in [-0.3, -0.25) is 9.79 Å². The molecule has 0 saturated carbocycles. The summed E-state index contributed by atoms with van der Waals surface area (Å²) < 4.78 is 0. The fourth-order valence-corrected chi connectivity index (χ4v) is 4.03. The number of hydrogen-bond donors (Lipinski definition) is 2. The van der Waals surface area contributed by atoms with Crippen molar-refractivity contribution < 1.29 is 4.79 Å². The number of primary amides is 1. The number of amides is 1. The maximum atomic E-state index is 11.2. The first-order chi connectivity index (χ1) is 12.6. The van der Waals surface area contributed by atoms with Crippen molar-refractivity contribution in [3.8, 4) is 0 Å². The van der Waals surface area contributed by atoms with Crippen LogP contribution < -0.4 is 11.1 Å². The molecule has 8 heteroatoms. The van der Waals surface area contributed by atoms with E-state index in [1.807, 2.05) is 7.05 Å². The van der Waals surface area contributed by atoms with Crippen LogP contribution in [0.2, 0.25) is 0 Å². The van der Waals surface area contributed by atoms with Crippen LogP contribution in [0.15, 0.2) is 4.99 Å². The summed E-state index contributed by atoms with van der Waals surface area (Å²) in [6.45, 7) is 12.3. The van der Waals surface area contributed by atoms with E-state index in [1.54, 1.807) is 0 Å². The molecule has 2 saturated heterocycles. The zero-order valence-electron chi connectivity index (χ0n) is 17.2. The molecular weight excluding hydrogens is 455 g/mol. The van der Waals surface area contributed by atoms with E-state index in [1.165, 1.54) is 45.7 Å². The van der Waals surface area contributed by atoms with Crippen LogP contribution in [0.4, 0.5) is 0 Å². The number of hydrogen-bond acceptors (Lipinski definition) is 4. The summed E-state index contributed by atoms with van der Waals surface area (Å²) in [5.41, 5.74) is 5.36. The minimum atomic E-state index is -0.195. The second-order valence-corrected chi connectivity index (χ2v) is 7.58. The first-order valence-electron chi connectivity index (χ1n) is 10.3.